The third-order valence-electron chi connectivity index (χ3n) is 3.64. The van der Waals surface area contributed by atoms with Crippen LogP contribution in [0.5, 0.6) is 11.5 Å². The van der Waals surface area contributed by atoms with Gasteiger partial charge in [-0.05, 0) is 62.4 Å². The van der Waals surface area contributed by atoms with Crippen LogP contribution in [0.1, 0.15) is 13.8 Å². The fraction of sp³-hybridized carbons (Fsp3) is 0.300. The second-order valence-electron chi connectivity index (χ2n) is 5.68. The molecular weight excluding hydrogens is 364 g/mol. The maximum Gasteiger partial charge on any atom is 0.237 e. The number of rotatable bonds is 9. The van der Waals surface area contributed by atoms with E-state index in [2.05, 4.69) is 10.6 Å². The van der Waals surface area contributed by atoms with Crippen molar-refractivity contribution in [2.75, 3.05) is 30.1 Å². The molecule has 27 heavy (non-hydrogen) atoms. The Labute approximate surface area is 163 Å². The zero-order valence-corrected chi connectivity index (χ0v) is 16.5. The molecule has 6 nitrogen and oxygen atoms in total. The first-order valence-electron chi connectivity index (χ1n) is 8.61. The molecular formula is C20H24N2O4S. The van der Waals surface area contributed by atoms with Crippen LogP contribution in [0.25, 0.3) is 0 Å². The molecule has 0 saturated heterocycles. The van der Waals surface area contributed by atoms with Crippen molar-refractivity contribution >= 4 is 35.0 Å². The molecule has 2 aromatic rings. The number of thioether (sulfide) groups is 1. The molecule has 0 fully saturated rings. The van der Waals surface area contributed by atoms with Gasteiger partial charge in [-0.2, -0.15) is 0 Å². The lowest BCUT2D eigenvalue weighted by Gasteiger charge is -2.13. The van der Waals surface area contributed by atoms with E-state index in [1.54, 1.807) is 62.6 Å². The lowest BCUT2D eigenvalue weighted by Crippen LogP contribution is -2.25. The Bertz CT molecular complexity index is 748. The molecule has 2 rings (SSSR count). The minimum absolute atomic E-state index is 0.151. The van der Waals surface area contributed by atoms with Gasteiger partial charge in [0.05, 0.1) is 24.7 Å². The predicted molar refractivity (Wildman–Crippen MR) is 110 cm³/mol. The Morgan fingerprint density at radius 3 is 2.07 bits per heavy atom. The Hall–Kier alpha value is -2.67. The van der Waals surface area contributed by atoms with E-state index < -0.39 is 0 Å². The van der Waals surface area contributed by atoms with Gasteiger partial charge in [0.1, 0.15) is 11.5 Å². The summed E-state index contributed by atoms with van der Waals surface area (Å²) in [6.45, 7) is 4.28. The van der Waals surface area contributed by atoms with Gasteiger partial charge in [0.2, 0.25) is 11.8 Å². The number of amides is 2. The van der Waals surface area contributed by atoms with Crippen molar-refractivity contribution in [1.82, 2.24) is 0 Å². The van der Waals surface area contributed by atoms with Crippen LogP contribution >= 0.6 is 11.8 Å². The number of methoxy groups -OCH3 is 1. The molecule has 0 saturated carbocycles. The van der Waals surface area contributed by atoms with Crippen molar-refractivity contribution in [2.45, 2.75) is 19.1 Å². The number of benzene rings is 2. The largest absolute Gasteiger partial charge is 0.497 e. The quantitative estimate of drug-likeness (QED) is 0.683. The second-order valence-corrected chi connectivity index (χ2v) is 7.01. The number of anilines is 2. The summed E-state index contributed by atoms with van der Waals surface area (Å²) in [7, 11) is 1.59. The van der Waals surface area contributed by atoms with Crippen LogP contribution in [0.3, 0.4) is 0 Å². The van der Waals surface area contributed by atoms with Crippen LogP contribution in [-0.2, 0) is 9.59 Å². The summed E-state index contributed by atoms with van der Waals surface area (Å²) >= 11 is 1.28. The van der Waals surface area contributed by atoms with Gasteiger partial charge in [-0.25, -0.2) is 0 Å². The standard InChI is InChI=1S/C20H24N2O4S/c1-4-26-18-11-7-16(8-12-18)22-20(24)14(2)27-13-19(23)21-15-5-9-17(25-3)10-6-15/h5-12,14H,4,13H2,1-3H3,(H,21,23)(H,22,24)/t14-/m0/s1. The van der Waals surface area contributed by atoms with E-state index in [1.165, 1.54) is 11.8 Å². The van der Waals surface area contributed by atoms with E-state index >= 15 is 0 Å². The molecule has 0 aliphatic rings. The Kier molecular flexibility index (Phi) is 8.00. The minimum atomic E-state index is -0.363. The normalized spacial score (nSPS) is 11.4. The molecule has 0 heterocycles. The molecule has 0 radical (unpaired) electrons. The number of ether oxygens (including phenoxy) is 2. The highest BCUT2D eigenvalue weighted by Gasteiger charge is 2.15. The zero-order valence-electron chi connectivity index (χ0n) is 15.7. The summed E-state index contributed by atoms with van der Waals surface area (Å²) in [6, 6.07) is 14.3. The summed E-state index contributed by atoms with van der Waals surface area (Å²) in [5.74, 6) is 1.35. The first kappa shape index (κ1) is 20.6. The highest BCUT2D eigenvalue weighted by atomic mass is 32.2. The highest BCUT2D eigenvalue weighted by Crippen LogP contribution is 2.19. The van der Waals surface area contributed by atoms with Crippen molar-refractivity contribution in [3.63, 3.8) is 0 Å². The van der Waals surface area contributed by atoms with Crippen molar-refractivity contribution < 1.29 is 19.1 Å². The topological polar surface area (TPSA) is 76.7 Å². The molecule has 1 atom stereocenters. The summed E-state index contributed by atoms with van der Waals surface area (Å²) in [6.07, 6.45) is 0. The van der Waals surface area contributed by atoms with E-state index in [0.717, 1.165) is 11.5 Å². The third-order valence-corrected chi connectivity index (χ3v) is 4.78. The van der Waals surface area contributed by atoms with E-state index in [-0.39, 0.29) is 22.8 Å². The molecule has 0 unspecified atom stereocenters. The number of hydrogen-bond acceptors (Lipinski definition) is 5. The molecule has 0 aliphatic heterocycles. The molecule has 7 heteroatoms. The number of carbonyl (C=O) groups excluding carboxylic acids is 2. The molecule has 2 aromatic carbocycles. The van der Waals surface area contributed by atoms with E-state index in [1.807, 2.05) is 6.92 Å². The average Bonchev–Trinajstić information content (AvgIpc) is 2.68. The summed E-state index contributed by atoms with van der Waals surface area (Å²) in [4.78, 5) is 24.3. The zero-order chi connectivity index (χ0) is 19.6. The van der Waals surface area contributed by atoms with Crippen LogP contribution in [-0.4, -0.2) is 36.5 Å². The number of carbonyl (C=O) groups is 2. The monoisotopic (exact) mass is 388 g/mol. The van der Waals surface area contributed by atoms with Gasteiger partial charge in [-0.15, -0.1) is 11.8 Å². The van der Waals surface area contributed by atoms with Gasteiger partial charge in [-0.1, -0.05) is 0 Å². The number of nitrogens with one attached hydrogen (secondary N) is 2. The lowest BCUT2D eigenvalue weighted by atomic mass is 10.3. The summed E-state index contributed by atoms with van der Waals surface area (Å²) in [5.41, 5.74) is 1.38. The Morgan fingerprint density at radius 1 is 0.963 bits per heavy atom. The first-order chi connectivity index (χ1) is 13.0. The van der Waals surface area contributed by atoms with Gasteiger partial charge < -0.3 is 20.1 Å². The molecule has 0 bridgehead atoms. The van der Waals surface area contributed by atoms with E-state index in [4.69, 9.17) is 9.47 Å². The van der Waals surface area contributed by atoms with E-state index in [9.17, 15) is 9.59 Å². The summed E-state index contributed by atoms with van der Waals surface area (Å²) < 4.78 is 10.5. The Morgan fingerprint density at radius 2 is 1.52 bits per heavy atom. The highest BCUT2D eigenvalue weighted by molar-refractivity contribution is 8.01. The van der Waals surface area contributed by atoms with Gasteiger partial charge in [0.25, 0.3) is 0 Å². The van der Waals surface area contributed by atoms with Crippen molar-refractivity contribution in [3.05, 3.63) is 48.5 Å². The van der Waals surface area contributed by atoms with Crippen LogP contribution in [0.4, 0.5) is 11.4 Å². The second kappa shape index (κ2) is 10.5. The first-order valence-corrected chi connectivity index (χ1v) is 9.66. The molecule has 2 amide bonds. The SMILES string of the molecule is CCOc1ccc(NC(=O)[C@H](C)SCC(=O)Nc2ccc(OC)cc2)cc1. The van der Waals surface area contributed by atoms with Gasteiger partial charge >= 0.3 is 0 Å². The fourth-order valence-corrected chi connectivity index (χ4v) is 2.88. The Balaban J connectivity index is 1.76. The predicted octanol–water partition coefficient (Wildman–Crippen LogP) is 3.79. The summed E-state index contributed by atoms with van der Waals surface area (Å²) in [5, 5.41) is 5.27. The van der Waals surface area contributed by atoms with Crippen LogP contribution in [0, 0.1) is 0 Å². The van der Waals surface area contributed by atoms with Gasteiger partial charge in [0, 0.05) is 11.4 Å². The van der Waals surface area contributed by atoms with Crippen molar-refractivity contribution in [3.8, 4) is 11.5 Å². The fourth-order valence-electron chi connectivity index (χ4n) is 2.19. The van der Waals surface area contributed by atoms with Crippen LogP contribution in [0.15, 0.2) is 48.5 Å². The molecule has 2 N–H and O–H groups in total. The van der Waals surface area contributed by atoms with Crippen molar-refractivity contribution in [1.29, 1.82) is 0 Å². The van der Waals surface area contributed by atoms with Crippen molar-refractivity contribution in [2.24, 2.45) is 0 Å². The molecule has 144 valence electrons. The van der Waals surface area contributed by atoms with E-state index in [0.29, 0.717) is 18.0 Å². The third kappa shape index (κ3) is 6.86. The average molecular weight is 388 g/mol. The lowest BCUT2D eigenvalue weighted by molar-refractivity contribution is -0.115. The maximum atomic E-state index is 12.3. The smallest absolute Gasteiger partial charge is 0.237 e. The molecule has 0 aromatic heterocycles. The van der Waals surface area contributed by atoms with Gasteiger partial charge in [0.15, 0.2) is 0 Å². The van der Waals surface area contributed by atoms with Crippen LogP contribution in [0.2, 0.25) is 0 Å². The maximum absolute atomic E-state index is 12.3. The minimum Gasteiger partial charge on any atom is -0.497 e. The van der Waals surface area contributed by atoms with Crippen LogP contribution < -0.4 is 20.1 Å². The number of hydrogen-bond donors (Lipinski definition) is 2. The van der Waals surface area contributed by atoms with Gasteiger partial charge in [-0.3, -0.25) is 9.59 Å². The molecule has 0 spiro atoms. The molecule has 0 aliphatic carbocycles.